The first-order chi connectivity index (χ1) is 9.56. The molecule has 0 bridgehead atoms. The zero-order valence-electron chi connectivity index (χ0n) is 11.7. The minimum absolute atomic E-state index is 0.210. The van der Waals surface area contributed by atoms with E-state index in [2.05, 4.69) is 13.8 Å². The van der Waals surface area contributed by atoms with Crippen LogP contribution in [0.15, 0.2) is 48.5 Å². The summed E-state index contributed by atoms with van der Waals surface area (Å²) < 4.78 is 5.55. The molecule has 0 radical (unpaired) electrons. The highest BCUT2D eigenvalue weighted by Crippen LogP contribution is 2.21. The maximum absolute atomic E-state index is 10.1. The van der Waals surface area contributed by atoms with Crippen molar-refractivity contribution in [1.29, 1.82) is 0 Å². The van der Waals surface area contributed by atoms with E-state index in [1.54, 1.807) is 12.1 Å². The lowest BCUT2D eigenvalue weighted by Gasteiger charge is -2.14. The molecule has 0 amide bonds. The number of hydrogen-bond acceptors (Lipinski definition) is 2. The molecule has 2 nitrogen and oxygen atoms in total. The van der Waals surface area contributed by atoms with Gasteiger partial charge in [-0.25, -0.2) is 0 Å². The SMILES string of the molecule is CC(C)c1ccc(C(O)COc2cccc(Cl)c2)cc1. The van der Waals surface area contributed by atoms with E-state index in [0.29, 0.717) is 16.7 Å². The molecule has 3 heteroatoms. The molecule has 106 valence electrons. The number of benzene rings is 2. The molecule has 1 atom stereocenters. The molecule has 0 heterocycles. The summed E-state index contributed by atoms with van der Waals surface area (Å²) in [6.07, 6.45) is -0.643. The molecule has 0 aliphatic rings. The van der Waals surface area contributed by atoms with Gasteiger partial charge < -0.3 is 9.84 Å². The average Bonchev–Trinajstić information content (AvgIpc) is 2.45. The van der Waals surface area contributed by atoms with Gasteiger partial charge in [0.25, 0.3) is 0 Å². The number of rotatable bonds is 5. The molecule has 2 aromatic carbocycles. The van der Waals surface area contributed by atoms with Gasteiger partial charge in [0.2, 0.25) is 0 Å². The van der Waals surface area contributed by atoms with E-state index in [1.807, 2.05) is 36.4 Å². The highest BCUT2D eigenvalue weighted by Gasteiger charge is 2.09. The molecule has 0 saturated carbocycles. The van der Waals surface area contributed by atoms with Crippen LogP contribution in [-0.4, -0.2) is 11.7 Å². The highest BCUT2D eigenvalue weighted by atomic mass is 35.5. The third kappa shape index (κ3) is 3.99. The van der Waals surface area contributed by atoms with Crippen LogP contribution in [0.2, 0.25) is 5.02 Å². The molecular formula is C17H19ClO2. The van der Waals surface area contributed by atoms with Gasteiger partial charge in [-0.2, -0.15) is 0 Å². The minimum Gasteiger partial charge on any atom is -0.490 e. The normalized spacial score (nSPS) is 12.4. The van der Waals surface area contributed by atoms with E-state index < -0.39 is 6.10 Å². The first kappa shape index (κ1) is 14.9. The van der Waals surface area contributed by atoms with E-state index in [0.717, 1.165) is 5.56 Å². The van der Waals surface area contributed by atoms with Crippen molar-refractivity contribution in [3.05, 3.63) is 64.7 Å². The molecule has 2 aromatic rings. The molecule has 0 aromatic heterocycles. The average molecular weight is 291 g/mol. The summed E-state index contributed by atoms with van der Waals surface area (Å²) in [6, 6.07) is 15.1. The van der Waals surface area contributed by atoms with Crippen molar-refractivity contribution in [2.75, 3.05) is 6.61 Å². The summed E-state index contributed by atoms with van der Waals surface area (Å²) >= 11 is 5.88. The van der Waals surface area contributed by atoms with Gasteiger partial charge in [0.1, 0.15) is 18.5 Å². The van der Waals surface area contributed by atoms with Crippen molar-refractivity contribution in [2.24, 2.45) is 0 Å². The number of halogens is 1. The summed E-state index contributed by atoms with van der Waals surface area (Å²) in [6.45, 7) is 4.50. The quantitative estimate of drug-likeness (QED) is 0.873. The second-order valence-corrected chi connectivity index (χ2v) is 5.54. The second kappa shape index (κ2) is 6.78. The van der Waals surface area contributed by atoms with Crippen LogP contribution in [0.4, 0.5) is 0 Å². The molecule has 1 N–H and O–H groups in total. The predicted octanol–water partition coefficient (Wildman–Crippen LogP) is 4.58. The number of ether oxygens (including phenoxy) is 1. The van der Waals surface area contributed by atoms with E-state index >= 15 is 0 Å². The molecule has 20 heavy (non-hydrogen) atoms. The Labute approximate surface area is 125 Å². The van der Waals surface area contributed by atoms with Gasteiger partial charge in [0, 0.05) is 5.02 Å². The molecular weight excluding hydrogens is 272 g/mol. The lowest BCUT2D eigenvalue weighted by molar-refractivity contribution is 0.108. The molecule has 0 fully saturated rings. The summed E-state index contributed by atoms with van der Waals surface area (Å²) in [5.41, 5.74) is 2.12. The molecule has 1 unspecified atom stereocenters. The summed E-state index contributed by atoms with van der Waals surface area (Å²) in [5, 5.41) is 10.7. The Morgan fingerprint density at radius 2 is 1.70 bits per heavy atom. The van der Waals surface area contributed by atoms with Crippen molar-refractivity contribution in [3.8, 4) is 5.75 Å². The van der Waals surface area contributed by atoms with Crippen LogP contribution in [0.3, 0.4) is 0 Å². The monoisotopic (exact) mass is 290 g/mol. The highest BCUT2D eigenvalue weighted by molar-refractivity contribution is 6.30. The van der Waals surface area contributed by atoms with Gasteiger partial charge in [0.15, 0.2) is 0 Å². The van der Waals surface area contributed by atoms with Crippen molar-refractivity contribution < 1.29 is 9.84 Å². The second-order valence-electron chi connectivity index (χ2n) is 5.11. The van der Waals surface area contributed by atoms with Crippen LogP contribution >= 0.6 is 11.6 Å². The van der Waals surface area contributed by atoms with Crippen molar-refractivity contribution in [3.63, 3.8) is 0 Å². The molecule has 0 saturated heterocycles. The van der Waals surface area contributed by atoms with Crippen LogP contribution in [-0.2, 0) is 0 Å². The Morgan fingerprint density at radius 1 is 1.05 bits per heavy atom. The van der Waals surface area contributed by atoms with E-state index in [1.165, 1.54) is 5.56 Å². The topological polar surface area (TPSA) is 29.5 Å². The lowest BCUT2D eigenvalue weighted by atomic mass is 10.0. The van der Waals surface area contributed by atoms with Gasteiger partial charge in [-0.15, -0.1) is 0 Å². The summed E-state index contributed by atoms with van der Waals surface area (Å²) in [5.74, 6) is 1.15. The van der Waals surface area contributed by atoms with Gasteiger partial charge in [-0.3, -0.25) is 0 Å². The Morgan fingerprint density at radius 3 is 2.30 bits per heavy atom. The number of aliphatic hydroxyl groups excluding tert-OH is 1. The molecule has 0 aliphatic heterocycles. The van der Waals surface area contributed by atoms with E-state index in [-0.39, 0.29) is 6.61 Å². The first-order valence-corrected chi connectivity index (χ1v) is 7.10. The predicted molar refractivity (Wildman–Crippen MR) is 82.4 cm³/mol. The van der Waals surface area contributed by atoms with Crippen molar-refractivity contribution in [2.45, 2.75) is 25.9 Å². The van der Waals surface area contributed by atoms with Gasteiger partial charge in [0.05, 0.1) is 0 Å². The fourth-order valence-corrected chi connectivity index (χ4v) is 2.11. The molecule has 0 spiro atoms. The Hall–Kier alpha value is -1.51. The zero-order valence-corrected chi connectivity index (χ0v) is 12.5. The van der Waals surface area contributed by atoms with E-state index in [9.17, 15) is 5.11 Å². The fraction of sp³-hybridized carbons (Fsp3) is 0.294. The lowest BCUT2D eigenvalue weighted by Crippen LogP contribution is -2.09. The van der Waals surface area contributed by atoms with Crippen molar-refractivity contribution in [1.82, 2.24) is 0 Å². The number of aliphatic hydroxyl groups is 1. The van der Waals surface area contributed by atoms with E-state index in [4.69, 9.17) is 16.3 Å². The Balaban J connectivity index is 1.96. The smallest absolute Gasteiger partial charge is 0.120 e. The third-order valence-corrected chi connectivity index (χ3v) is 3.43. The molecule has 2 rings (SSSR count). The minimum atomic E-state index is -0.643. The largest absolute Gasteiger partial charge is 0.490 e. The van der Waals surface area contributed by atoms with Crippen LogP contribution in [0.25, 0.3) is 0 Å². The zero-order chi connectivity index (χ0) is 14.5. The van der Waals surface area contributed by atoms with Gasteiger partial charge in [-0.1, -0.05) is 55.8 Å². The van der Waals surface area contributed by atoms with Crippen LogP contribution in [0.5, 0.6) is 5.75 Å². The maximum Gasteiger partial charge on any atom is 0.120 e. The standard InChI is InChI=1S/C17H19ClO2/c1-12(2)13-6-8-14(9-7-13)17(19)11-20-16-5-3-4-15(18)10-16/h3-10,12,17,19H,11H2,1-2H3. The summed E-state index contributed by atoms with van der Waals surface area (Å²) in [7, 11) is 0. The Bertz CT molecular complexity index is 549. The first-order valence-electron chi connectivity index (χ1n) is 6.72. The Kier molecular flexibility index (Phi) is 5.05. The number of hydrogen-bond donors (Lipinski definition) is 1. The fourth-order valence-electron chi connectivity index (χ4n) is 1.93. The summed E-state index contributed by atoms with van der Waals surface area (Å²) in [4.78, 5) is 0. The van der Waals surface area contributed by atoms with Crippen LogP contribution in [0.1, 0.15) is 37.0 Å². The van der Waals surface area contributed by atoms with Gasteiger partial charge >= 0.3 is 0 Å². The third-order valence-electron chi connectivity index (χ3n) is 3.19. The maximum atomic E-state index is 10.1. The molecule has 0 aliphatic carbocycles. The van der Waals surface area contributed by atoms with Crippen molar-refractivity contribution >= 4 is 11.6 Å². The van der Waals surface area contributed by atoms with Crippen LogP contribution in [0, 0.1) is 0 Å². The van der Waals surface area contributed by atoms with Gasteiger partial charge in [-0.05, 0) is 35.2 Å². The van der Waals surface area contributed by atoms with Crippen LogP contribution < -0.4 is 4.74 Å².